The Morgan fingerprint density at radius 2 is 2.26 bits per heavy atom. The smallest absolute Gasteiger partial charge is 0.407 e. The van der Waals surface area contributed by atoms with Gasteiger partial charge < -0.3 is 15.0 Å². The van der Waals surface area contributed by atoms with E-state index in [2.05, 4.69) is 34.5 Å². The molecular weight excluding hydrogens is 413 g/mol. The van der Waals surface area contributed by atoms with E-state index < -0.39 is 11.7 Å². The highest BCUT2D eigenvalue weighted by molar-refractivity contribution is 14.1. The standard InChI is InChI=1S/C15H22IN3O4/c1-5-6-22-19-12-9-18(14(19)21)10(7-11(12)16)8-17-13(20)23-15(2,3)4/h5,7,10,12H,1,6,8-9H2,2-4H3,(H,17,20)/t10?,12-/m0/s1. The van der Waals surface area contributed by atoms with Crippen LogP contribution in [0.15, 0.2) is 22.3 Å². The molecule has 0 aromatic carbocycles. The van der Waals surface area contributed by atoms with Crippen LogP contribution in [-0.4, -0.2) is 59.5 Å². The van der Waals surface area contributed by atoms with Crippen molar-refractivity contribution in [3.05, 3.63) is 22.3 Å². The maximum atomic E-state index is 12.4. The van der Waals surface area contributed by atoms with Crippen molar-refractivity contribution < 1.29 is 19.2 Å². The van der Waals surface area contributed by atoms with Crippen LogP contribution in [-0.2, 0) is 9.57 Å². The topological polar surface area (TPSA) is 71.1 Å². The van der Waals surface area contributed by atoms with Crippen molar-refractivity contribution in [3.63, 3.8) is 0 Å². The number of hydrogen-bond acceptors (Lipinski definition) is 4. The summed E-state index contributed by atoms with van der Waals surface area (Å²) in [7, 11) is 0. The molecule has 1 N–H and O–H groups in total. The van der Waals surface area contributed by atoms with Crippen molar-refractivity contribution >= 4 is 34.7 Å². The lowest BCUT2D eigenvalue weighted by atomic mass is 10.1. The van der Waals surface area contributed by atoms with Crippen LogP contribution in [0.25, 0.3) is 0 Å². The fourth-order valence-corrected chi connectivity index (χ4v) is 3.27. The summed E-state index contributed by atoms with van der Waals surface area (Å²) in [5, 5.41) is 4.09. The average Bonchev–Trinajstić information content (AvgIpc) is 2.72. The van der Waals surface area contributed by atoms with Gasteiger partial charge in [-0.1, -0.05) is 6.08 Å². The van der Waals surface area contributed by atoms with Crippen LogP contribution in [0.3, 0.4) is 0 Å². The molecule has 128 valence electrons. The molecule has 1 unspecified atom stereocenters. The second-order valence-corrected chi connectivity index (χ2v) is 7.61. The minimum absolute atomic E-state index is 0.0965. The van der Waals surface area contributed by atoms with E-state index in [-0.39, 0.29) is 24.7 Å². The molecule has 0 saturated carbocycles. The van der Waals surface area contributed by atoms with E-state index in [9.17, 15) is 9.59 Å². The maximum Gasteiger partial charge on any atom is 0.407 e. The first-order chi connectivity index (χ1) is 10.7. The molecule has 0 aromatic heterocycles. The van der Waals surface area contributed by atoms with Crippen LogP contribution in [0.5, 0.6) is 0 Å². The normalized spacial score (nSPS) is 23.7. The molecule has 0 aliphatic carbocycles. The van der Waals surface area contributed by atoms with E-state index in [1.165, 1.54) is 5.06 Å². The summed E-state index contributed by atoms with van der Waals surface area (Å²) in [5.41, 5.74) is -0.551. The SMILES string of the molecule is C=CCON1C(=O)N2C[C@H]1C(I)=CC2CNC(=O)OC(C)(C)C. The molecule has 2 aliphatic rings. The average molecular weight is 435 g/mol. The van der Waals surface area contributed by atoms with Crippen LogP contribution >= 0.6 is 22.6 Å². The minimum Gasteiger partial charge on any atom is -0.444 e. The highest BCUT2D eigenvalue weighted by atomic mass is 127. The monoisotopic (exact) mass is 435 g/mol. The first-order valence-corrected chi connectivity index (χ1v) is 8.48. The van der Waals surface area contributed by atoms with Gasteiger partial charge in [0, 0.05) is 10.1 Å². The summed E-state index contributed by atoms with van der Waals surface area (Å²) in [6, 6.07) is -0.507. The van der Waals surface area contributed by atoms with Crippen molar-refractivity contribution in [1.29, 1.82) is 0 Å². The van der Waals surface area contributed by atoms with Crippen molar-refractivity contribution in [2.75, 3.05) is 19.7 Å². The molecule has 1 fully saturated rings. The number of rotatable bonds is 5. The molecule has 2 aliphatic heterocycles. The van der Waals surface area contributed by atoms with Gasteiger partial charge >= 0.3 is 12.1 Å². The molecule has 2 bridgehead atoms. The Morgan fingerprint density at radius 3 is 2.87 bits per heavy atom. The van der Waals surface area contributed by atoms with E-state index in [4.69, 9.17) is 9.57 Å². The van der Waals surface area contributed by atoms with Crippen molar-refractivity contribution in [3.8, 4) is 0 Å². The van der Waals surface area contributed by atoms with Crippen molar-refractivity contribution in [2.24, 2.45) is 0 Å². The van der Waals surface area contributed by atoms with Crippen LogP contribution in [0.1, 0.15) is 20.8 Å². The van der Waals surface area contributed by atoms with Crippen molar-refractivity contribution in [1.82, 2.24) is 15.3 Å². The molecule has 2 heterocycles. The maximum absolute atomic E-state index is 12.4. The van der Waals surface area contributed by atoms with Gasteiger partial charge in [0.05, 0.1) is 19.2 Å². The molecular formula is C15H22IN3O4. The number of carbonyl (C=O) groups is 2. The summed E-state index contributed by atoms with van der Waals surface area (Å²) < 4.78 is 6.23. The Labute approximate surface area is 149 Å². The summed E-state index contributed by atoms with van der Waals surface area (Å²) in [5.74, 6) is 0. The summed E-state index contributed by atoms with van der Waals surface area (Å²) in [6.45, 7) is 10.1. The summed E-state index contributed by atoms with van der Waals surface area (Å²) in [6.07, 6.45) is 3.08. The molecule has 8 heteroatoms. The van der Waals surface area contributed by atoms with Crippen LogP contribution in [0, 0.1) is 0 Å². The van der Waals surface area contributed by atoms with Gasteiger partial charge in [-0.15, -0.1) is 6.58 Å². The Balaban J connectivity index is 1.98. The number of urea groups is 1. The van der Waals surface area contributed by atoms with Crippen molar-refractivity contribution in [2.45, 2.75) is 38.5 Å². The number of nitrogens with one attached hydrogen (secondary N) is 1. The number of ether oxygens (including phenoxy) is 1. The van der Waals surface area contributed by atoms with E-state index in [1.54, 1.807) is 31.7 Å². The van der Waals surface area contributed by atoms with Gasteiger partial charge in [0.2, 0.25) is 0 Å². The highest BCUT2D eigenvalue weighted by Crippen LogP contribution is 2.33. The van der Waals surface area contributed by atoms with Crippen LogP contribution in [0.2, 0.25) is 0 Å². The number of amides is 3. The Morgan fingerprint density at radius 1 is 1.57 bits per heavy atom. The number of carbonyl (C=O) groups excluding carboxylic acids is 2. The zero-order valence-electron chi connectivity index (χ0n) is 13.5. The Kier molecular flexibility index (Phi) is 5.56. The molecule has 2 rings (SSSR count). The lowest BCUT2D eigenvalue weighted by Crippen LogP contribution is -2.46. The van der Waals surface area contributed by atoms with Gasteiger partial charge in [-0.2, -0.15) is 5.06 Å². The Hall–Kier alpha value is -1.29. The number of alkyl carbamates (subject to hydrolysis) is 1. The minimum atomic E-state index is -0.551. The molecule has 2 atom stereocenters. The first kappa shape index (κ1) is 18.1. The van der Waals surface area contributed by atoms with Gasteiger partial charge in [-0.3, -0.25) is 4.84 Å². The van der Waals surface area contributed by atoms with E-state index >= 15 is 0 Å². The molecule has 0 spiro atoms. The van der Waals surface area contributed by atoms with Crippen LogP contribution < -0.4 is 5.32 Å². The van der Waals surface area contributed by atoms with E-state index in [0.29, 0.717) is 13.1 Å². The summed E-state index contributed by atoms with van der Waals surface area (Å²) in [4.78, 5) is 31.3. The number of nitrogens with zero attached hydrogens (tertiary/aromatic N) is 2. The van der Waals surface area contributed by atoms with Gasteiger partial charge in [0.25, 0.3) is 0 Å². The predicted octanol–water partition coefficient (Wildman–Crippen LogP) is 2.44. The quantitative estimate of drug-likeness (QED) is 0.532. The zero-order chi connectivity index (χ0) is 17.2. The Bertz CT molecular complexity index is 529. The van der Waals surface area contributed by atoms with E-state index in [1.807, 2.05) is 6.08 Å². The lowest BCUT2D eigenvalue weighted by molar-refractivity contribution is -0.108. The third-order valence-electron chi connectivity index (χ3n) is 3.34. The fourth-order valence-electron chi connectivity index (χ4n) is 2.41. The number of halogens is 1. The number of hydrogen-bond donors (Lipinski definition) is 1. The largest absolute Gasteiger partial charge is 0.444 e. The molecule has 23 heavy (non-hydrogen) atoms. The second-order valence-electron chi connectivity index (χ2n) is 6.36. The highest BCUT2D eigenvalue weighted by Gasteiger charge is 2.46. The van der Waals surface area contributed by atoms with Gasteiger partial charge in [0.15, 0.2) is 0 Å². The third kappa shape index (κ3) is 4.37. The third-order valence-corrected chi connectivity index (χ3v) is 4.42. The second kappa shape index (κ2) is 7.08. The zero-order valence-corrected chi connectivity index (χ0v) is 15.7. The predicted molar refractivity (Wildman–Crippen MR) is 94.0 cm³/mol. The van der Waals surface area contributed by atoms with Gasteiger partial charge in [-0.25, -0.2) is 9.59 Å². The fraction of sp³-hybridized carbons (Fsp3) is 0.600. The molecule has 3 amide bonds. The van der Waals surface area contributed by atoms with Crippen LogP contribution in [0.4, 0.5) is 9.59 Å². The molecule has 0 radical (unpaired) electrons. The molecule has 1 saturated heterocycles. The first-order valence-electron chi connectivity index (χ1n) is 7.40. The molecule has 7 nitrogen and oxygen atoms in total. The number of fused-ring (bicyclic) bond motifs is 2. The van der Waals surface area contributed by atoms with Gasteiger partial charge in [-0.05, 0) is 49.4 Å². The lowest BCUT2D eigenvalue weighted by Gasteiger charge is -2.28. The molecule has 0 aromatic rings. The van der Waals surface area contributed by atoms with E-state index in [0.717, 1.165) is 3.58 Å². The van der Waals surface area contributed by atoms with Gasteiger partial charge in [0.1, 0.15) is 11.6 Å². The summed E-state index contributed by atoms with van der Waals surface area (Å²) >= 11 is 2.21. The number of hydroxylamine groups is 2.